The number of fused-ring (bicyclic) bond motifs is 1. The SMILES string of the molecule is CC(C)(COP(=O)(O)OP(=O)(O)OC[C@H]1O[C@@H](n2cnc3c(N)ncnc32)[C@H](O)[C@@H]1OP(=O)(O)O)[C@@H](O)C(=O)NCCC(=O)NCCSC(=O)O. The molecule has 1 fully saturated rings. The number of phosphoric ester groups is 3. The van der Waals surface area contributed by atoms with Gasteiger partial charge in [-0.05, 0) is 11.8 Å². The Morgan fingerprint density at radius 3 is 2.39 bits per heavy atom. The number of hydrogen-bond donors (Lipinski definition) is 10. The van der Waals surface area contributed by atoms with E-state index in [4.69, 9.17) is 24.6 Å². The number of carbonyl (C=O) groups excluding carboxylic acids is 2. The van der Waals surface area contributed by atoms with E-state index in [1.165, 1.54) is 13.8 Å². The summed E-state index contributed by atoms with van der Waals surface area (Å²) in [6.07, 6.45) is -7.02. The zero-order valence-corrected chi connectivity index (χ0v) is 30.0. The van der Waals surface area contributed by atoms with Crippen LogP contribution in [0.15, 0.2) is 12.7 Å². The number of aromatic nitrogens is 4. The quantitative estimate of drug-likeness (QED) is 0.0589. The van der Waals surface area contributed by atoms with E-state index in [1.807, 2.05) is 0 Å². The molecule has 0 spiro atoms. The second-order valence-electron chi connectivity index (χ2n) is 11.2. The summed E-state index contributed by atoms with van der Waals surface area (Å²) in [7, 11) is -16.4. The number of rotatable bonds is 19. The number of nitrogens with two attached hydrogens (primary N) is 1. The molecule has 2 aromatic heterocycles. The molecule has 29 heteroatoms. The van der Waals surface area contributed by atoms with Crippen molar-refractivity contribution in [2.45, 2.75) is 50.9 Å². The molecule has 0 aromatic carbocycles. The topological polar surface area (TPSA) is 384 Å². The predicted octanol–water partition coefficient (Wildman–Crippen LogP) is -1.18. The predicted molar refractivity (Wildman–Crippen MR) is 170 cm³/mol. The molecule has 11 N–H and O–H groups in total. The molecule has 3 heterocycles. The fourth-order valence-electron chi connectivity index (χ4n) is 4.27. The van der Waals surface area contributed by atoms with E-state index in [1.54, 1.807) is 0 Å². The number of carbonyl (C=O) groups is 3. The number of amides is 2. The first-order valence-electron chi connectivity index (χ1n) is 14.3. The van der Waals surface area contributed by atoms with Crippen molar-refractivity contribution in [3.63, 3.8) is 0 Å². The Hall–Kier alpha value is -2.64. The maximum Gasteiger partial charge on any atom is 0.481 e. The van der Waals surface area contributed by atoms with Gasteiger partial charge in [0.05, 0.1) is 19.5 Å². The zero-order chi connectivity index (χ0) is 38.4. The van der Waals surface area contributed by atoms with Crippen molar-refractivity contribution in [3.05, 3.63) is 12.7 Å². The molecule has 1 saturated heterocycles. The lowest BCUT2D eigenvalue weighted by atomic mass is 9.87. The summed E-state index contributed by atoms with van der Waals surface area (Å²) in [4.78, 5) is 85.3. The van der Waals surface area contributed by atoms with Crippen LogP contribution in [0, 0.1) is 5.41 Å². The van der Waals surface area contributed by atoms with Crippen LogP contribution in [0.3, 0.4) is 0 Å². The number of hydrogen-bond acceptors (Lipinski definition) is 18. The number of nitrogens with one attached hydrogen (secondary N) is 2. The highest BCUT2D eigenvalue weighted by atomic mass is 32.2. The summed E-state index contributed by atoms with van der Waals surface area (Å²) in [5.74, 6) is -1.46. The lowest BCUT2D eigenvalue weighted by molar-refractivity contribution is -0.137. The number of thioether (sulfide) groups is 1. The van der Waals surface area contributed by atoms with Gasteiger partial charge >= 0.3 is 28.8 Å². The summed E-state index contributed by atoms with van der Waals surface area (Å²) in [6.45, 7) is 0.237. The maximum atomic E-state index is 12.6. The van der Waals surface area contributed by atoms with Crippen LogP contribution in [0.1, 0.15) is 26.5 Å². The van der Waals surface area contributed by atoms with Gasteiger partial charge in [-0.15, -0.1) is 0 Å². The minimum absolute atomic E-state index is 0.0246. The highest BCUT2D eigenvalue weighted by Gasteiger charge is 2.50. The number of aliphatic hydroxyl groups is 2. The van der Waals surface area contributed by atoms with Crippen LogP contribution >= 0.6 is 35.2 Å². The minimum atomic E-state index is -5.57. The fraction of sp³-hybridized carbons (Fsp3) is 0.636. The molecule has 0 saturated carbocycles. The lowest BCUT2D eigenvalue weighted by Crippen LogP contribution is -2.46. The Balaban J connectivity index is 1.55. The number of nitrogen functional groups attached to an aromatic ring is 1. The number of nitrogens with zero attached hydrogens (tertiary/aromatic N) is 4. The molecule has 3 rings (SSSR count). The maximum absolute atomic E-state index is 12.6. The van der Waals surface area contributed by atoms with E-state index in [0.717, 1.165) is 17.2 Å². The Morgan fingerprint density at radius 1 is 1.08 bits per heavy atom. The van der Waals surface area contributed by atoms with Gasteiger partial charge in [-0.2, -0.15) is 4.31 Å². The molecule has 7 atom stereocenters. The van der Waals surface area contributed by atoms with Crippen molar-refractivity contribution in [2.75, 3.05) is 37.8 Å². The van der Waals surface area contributed by atoms with Gasteiger partial charge in [0, 0.05) is 30.7 Å². The number of ether oxygens (including phenoxy) is 1. The smallest absolute Gasteiger partial charge is 0.473 e. The lowest BCUT2D eigenvalue weighted by Gasteiger charge is -2.30. The molecular weight excluding hydrogens is 775 g/mol. The van der Waals surface area contributed by atoms with Gasteiger partial charge in [-0.25, -0.2) is 33.4 Å². The molecule has 0 radical (unpaired) electrons. The first kappa shape index (κ1) is 42.8. The Morgan fingerprint density at radius 2 is 1.75 bits per heavy atom. The van der Waals surface area contributed by atoms with E-state index in [2.05, 4.69) is 34.4 Å². The van der Waals surface area contributed by atoms with Crippen LogP contribution in [0.2, 0.25) is 0 Å². The van der Waals surface area contributed by atoms with Gasteiger partial charge in [0.15, 0.2) is 17.7 Å². The van der Waals surface area contributed by atoms with E-state index >= 15 is 0 Å². The third kappa shape index (κ3) is 12.8. The molecule has 2 unspecified atom stereocenters. The van der Waals surface area contributed by atoms with Crippen LogP contribution in [0.5, 0.6) is 0 Å². The van der Waals surface area contributed by atoms with Crippen molar-refractivity contribution in [1.82, 2.24) is 30.2 Å². The van der Waals surface area contributed by atoms with Crippen molar-refractivity contribution < 1.29 is 85.6 Å². The van der Waals surface area contributed by atoms with Crippen LogP contribution in [0.25, 0.3) is 11.2 Å². The summed E-state index contributed by atoms with van der Waals surface area (Å²) in [5.41, 5.74) is 4.22. The standard InChI is InChI=1S/C22H36N7O18P3S/c1-22(2,16(32)19(33)25-4-3-12(30)24-5-6-51-21(34)35)8-44-50(41,42)47-49(39,40)43-7-11-15(46-48(36,37)38)14(31)20(45-11)29-10-28-13-17(23)26-9-27-18(13)29/h9-11,14-16,20,31-32H,3-8H2,1-2H3,(H,24,30)(H,25,33)(H,34,35)(H,39,40)(H,41,42)(H2,23,26,27)(H2,36,37,38)/t11-,14-,15-,16+,20-/m1/s1. The summed E-state index contributed by atoms with van der Waals surface area (Å²) in [5, 5.41) is 33.4. The molecule has 0 bridgehead atoms. The van der Waals surface area contributed by atoms with E-state index in [0.29, 0.717) is 11.8 Å². The average Bonchev–Trinajstić information content (AvgIpc) is 3.57. The number of anilines is 1. The first-order chi connectivity index (χ1) is 23.5. The molecule has 1 aliphatic rings. The minimum Gasteiger partial charge on any atom is -0.473 e. The van der Waals surface area contributed by atoms with Crippen LogP contribution < -0.4 is 16.4 Å². The van der Waals surface area contributed by atoms with Crippen molar-refractivity contribution >= 4 is 69.3 Å². The van der Waals surface area contributed by atoms with Gasteiger partial charge in [0.1, 0.15) is 36.3 Å². The second-order valence-corrected chi connectivity index (χ2v) is 16.5. The number of aliphatic hydroxyl groups excluding tert-OH is 2. The Kier molecular flexibility index (Phi) is 14.6. The van der Waals surface area contributed by atoms with E-state index in [9.17, 15) is 57.9 Å². The molecule has 25 nitrogen and oxygen atoms in total. The van der Waals surface area contributed by atoms with Crippen molar-refractivity contribution in [2.24, 2.45) is 5.41 Å². The van der Waals surface area contributed by atoms with Crippen molar-refractivity contribution in [3.8, 4) is 0 Å². The number of imidazole rings is 1. The van der Waals surface area contributed by atoms with E-state index in [-0.39, 0.29) is 42.2 Å². The monoisotopic (exact) mass is 811 g/mol. The number of phosphoric acid groups is 3. The van der Waals surface area contributed by atoms with Crippen LogP contribution in [-0.2, 0) is 45.9 Å². The molecule has 2 aromatic rings. The van der Waals surface area contributed by atoms with Gasteiger partial charge in [0.2, 0.25) is 11.8 Å². The largest absolute Gasteiger partial charge is 0.481 e. The molecular formula is C22H36N7O18P3S. The summed E-state index contributed by atoms with van der Waals surface area (Å²) < 4.78 is 61.7. The molecule has 0 aliphatic carbocycles. The zero-order valence-electron chi connectivity index (χ0n) is 26.5. The van der Waals surface area contributed by atoms with E-state index < -0.39 is 89.9 Å². The molecule has 288 valence electrons. The Labute approximate surface area is 291 Å². The molecule has 51 heavy (non-hydrogen) atoms. The normalized spacial score (nSPS) is 22.6. The summed E-state index contributed by atoms with van der Waals surface area (Å²) in [6, 6.07) is 0. The fourth-order valence-corrected chi connectivity index (χ4v) is 7.48. The highest BCUT2D eigenvalue weighted by molar-refractivity contribution is 8.13. The summed E-state index contributed by atoms with van der Waals surface area (Å²) >= 11 is 0.581. The third-order valence-electron chi connectivity index (χ3n) is 6.73. The average molecular weight is 812 g/mol. The third-order valence-corrected chi connectivity index (χ3v) is 10.5. The van der Waals surface area contributed by atoms with Gasteiger partial charge in [-0.3, -0.25) is 27.7 Å². The highest BCUT2D eigenvalue weighted by Crippen LogP contribution is 2.61. The number of carboxylic acid groups (broad SMARTS) is 1. The van der Waals surface area contributed by atoms with Crippen LogP contribution in [-0.4, -0.2) is 128 Å². The first-order valence-corrected chi connectivity index (χ1v) is 19.8. The molecule has 1 aliphatic heterocycles. The van der Waals surface area contributed by atoms with Crippen LogP contribution in [0.4, 0.5) is 10.6 Å². The van der Waals surface area contributed by atoms with Crippen molar-refractivity contribution in [1.29, 1.82) is 0 Å². The van der Waals surface area contributed by atoms with Gasteiger partial charge in [-0.1, -0.05) is 13.8 Å². The van der Waals surface area contributed by atoms with Gasteiger partial charge in [0.25, 0.3) is 0 Å². The second kappa shape index (κ2) is 17.5. The Bertz CT molecular complexity index is 1710. The molecule has 2 amide bonds. The van der Waals surface area contributed by atoms with Gasteiger partial charge < -0.3 is 56.0 Å².